The summed E-state index contributed by atoms with van der Waals surface area (Å²) in [7, 11) is 0. The van der Waals surface area contributed by atoms with Crippen molar-refractivity contribution in [1.29, 1.82) is 0 Å². The molecule has 0 unspecified atom stereocenters. The van der Waals surface area contributed by atoms with Crippen LogP contribution in [-0.4, -0.2) is 26.5 Å². The van der Waals surface area contributed by atoms with E-state index in [1.807, 2.05) is 24.3 Å². The Hall–Kier alpha value is -2.24. The van der Waals surface area contributed by atoms with Crippen LogP contribution in [0.4, 0.5) is 0 Å². The van der Waals surface area contributed by atoms with Gasteiger partial charge in [0.2, 0.25) is 11.7 Å². The van der Waals surface area contributed by atoms with Crippen LogP contribution in [0.25, 0.3) is 11.4 Å². The van der Waals surface area contributed by atoms with Gasteiger partial charge in [-0.15, -0.1) is 10.2 Å². The standard InChI is InChI=1S/C17H25N5O/c1-2-3-4-5-6-7-11-16(23)18-13-14-9-8-10-15(12-14)17-19-21-22-20-17/h8-10,12H,2-7,11,13H2,1H3,(H,18,23)(H,19,20,21,22). The molecule has 0 saturated heterocycles. The average Bonchev–Trinajstić information content (AvgIpc) is 3.11. The molecule has 0 radical (unpaired) electrons. The molecule has 1 amide bonds. The average molecular weight is 315 g/mol. The zero-order valence-corrected chi connectivity index (χ0v) is 13.7. The summed E-state index contributed by atoms with van der Waals surface area (Å²) >= 11 is 0. The topological polar surface area (TPSA) is 83.6 Å². The number of nitrogens with one attached hydrogen (secondary N) is 2. The van der Waals surface area contributed by atoms with Crippen LogP contribution in [0.5, 0.6) is 0 Å². The first-order valence-corrected chi connectivity index (χ1v) is 8.39. The molecule has 0 bridgehead atoms. The molecule has 0 atom stereocenters. The molecule has 0 saturated carbocycles. The maximum atomic E-state index is 11.9. The van der Waals surface area contributed by atoms with Gasteiger partial charge in [-0.1, -0.05) is 57.2 Å². The number of tetrazole rings is 1. The quantitative estimate of drug-likeness (QED) is 0.659. The van der Waals surface area contributed by atoms with E-state index in [2.05, 4.69) is 32.9 Å². The molecule has 1 heterocycles. The third-order valence-electron chi connectivity index (χ3n) is 3.78. The van der Waals surface area contributed by atoms with Crippen molar-refractivity contribution in [3.63, 3.8) is 0 Å². The smallest absolute Gasteiger partial charge is 0.220 e. The zero-order chi connectivity index (χ0) is 16.3. The molecule has 6 nitrogen and oxygen atoms in total. The lowest BCUT2D eigenvalue weighted by molar-refractivity contribution is -0.121. The monoisotopic (exact) mass is 315 g/mol. The normalized spacial score (nSPS) is 10.7. The third-order valence-corrected chi connectivity index (χ3v) is 3.78. The number of benzene rings is 1. The lowest BCUT2D eigenvalue weighted by atomic mass is 10.1. The number of H-pyrrole nitrogens is 1. The molecule has 0 aliphatic rings. The number of carbonyl (C=O) groups excluding carboxylic acids is 1. The van der Waals surface area contributed by atoms with Gasteiger partial charge < -0.3 is 5.32 Å². The molecule has 1 aromatic heterocycles. The van der Waals surface area contributed by atoms with Crippen LogP contribution in [0, 0.1) is 0 Å². The largest absolute Gasteiger partial charge is 0.352 e. The van der Waals surface area contributed by atoms with E-state index >= 15 is 0 Å². The van der Waals surface area contributed by atoms with Crippen molar-refractivity contribution in [2.24, 2.45) is 0 Å². The van der Waals surface area contributed by atoms with E-state index in [9.17, 15) is 4.79 Å². The second-order valence-corrected chi connectivity index (χ2v) is 5.73. The Labute approximate surface area is 137 Å². The molecule has 2 N–H and O–H groups in total. The van der Waals surface area contributed by atoms with Gasteiger partial charge in [0.05, 0.1) is 0 Å². The highest BCUT2D eigenvalue weighted by molar-refractivity contribution is 5.75. The van der Waals surface area contributed by atoms with Gasteiger partial charge in [0, 0.05) is 18.5 Å². The van der Waals surface area contributed by atoms with Crippen LogP contribution in [0.1, 0.15) is 57.4 Å². The highest BCUT2D eigenvalue weighted by Crippen LogP contribution is 2.15. The van der Waals surface area contributed by atoms with Crippen LogP contribution in [0.2, 0.25) is 0 Å². The molecule has 0 aliphatic carbocycles. The Morgan fingerprint density at radius 2 is 2.00 bits per heavy atom. The van der Waals surface area contributed by atoms with Crippen molar-refractivity contribution in [1.82, 2.24) is 25.9 Å². The van der Waals surface area contributed by atoms with Crippen molar-refractivity contribution in [3.8, 4) is 11.4 Å². The number of hydrogen-bond donors (Lipinski definition) is 2. The minimum absolute atomic E-state index is 0.116. The van der Waals surface area contributed by atoms with Gasteiger partial charge in [-0.25, -0.2) is 0 Å². The number of aromatic amines is 1. The van der Waals surface area contributed by atoms with Gasteiger partial charge in [0.1, 0.15) is 0 Å². The van der Waals surface area contributed by atoms with E-state index in [1.54, 1.807) is 0 Å². The van der Waals surface area contributed by atoms with Gasteiger partial charge in [-0.2, -0.15) is 5.21 Å². The van der Waals surface area contributed by atoms with Gasteiger partial charge in [-0.3, -0.25) is 4.79 Å². The Bertz CT molecular complexity index is 582. The van der Waals surface area contributed by atoms with E-state index < -0.39 is 0 Å². The lowest BCUT2D eigenvalue weighted by Gasteiger charge is -2.06. The molecule has 6 heteroatoms. The van der Waals surface area contributed by atoms with Gasteiger partial charge in [0.15, 0.2) is 0 Å². The Balaban J connectivity index is 1.69. The maximum absolute atomic E-state index is 11.9. The summed E-state index contributed by atoms with van der Waals surface area (Å²) in [5.74, 6) is 0.677. The first kappa shape index (κ1) is 17.1. The second kappa shape index (κ2) is 9.71. The van der Waals surface area contributed by atoms with Gasteiger partial charge in [0.25, 0.3) is 0 Å². The fourth-order valence-electron chi connectivity index (χ4n) is 2.46. The Kier molecular flexibility index (Phi) is 7.23. The molecular weight excluding hydrogens is 290 g/mol. The summed E-state index contributed by atoms with van der Waals surface area (Å²) in [6.45, 7) is 2.74. The van der Waals surface area contributed by atoms with Crippen LogP contribution in [0.3, 0.4) is 0 Å². The van der Waals surface area contributed by atoms with Crippen LogP contribution < -0.4 is 5.32 Å². The van der Waals surface area contributed by atoms with Crippen molar-refractivity contribution in [2.45, 2.75) is 58.4 Å². The minimum Gasteiger partial charge on any atom is -0.352 e. The Morgan fingerprint density at radius 1 is 1.17 bits per heavy atom. The molecule has 2 aromatic rings. The highest BCUT2D eigenvalue weighted by atomic mass is 16.1. The maximum Gasteiger partial charge on any atom is 0.220 e. The first-order chi connectivity index (χ1) is 11.3. The highest BCUT2D eigenvalue weighted by Gasteiger charge is 2.05. The molecule has 23 heavy (non-hydrogen) atoms. The summed E-state index contributed by atoms with van der Waals surface area (Å²) in [5, 5.41) is 16.9. The summed E-state index contributed by atoms with van der Waals surface area (Å²) < 4.78 is 0. The Morgan fingerprint density at radius 3 is 2.78 bits per heavy atom. The van der Waals surface area contributed by atoms with E-state index in [1.165, 1.54) is 25.7 Å². The van der Waals surface area contributed by atoms with Crippen molar-refractivity contribution in [2.75, 3.05) is 0 Å². The van der Waals surface area contributed by atoms with Gasteiger partial charge in [-0.05, 0) is 23.3 Å². The third kappa shape index (κ3) is 6.18. The van der Waals surface area contributed by atoms with Crippen LogP contribution >= 0.6 is 0 Å². The lowest BCUT2D eigenvalue weighted by Crippen LogP contribution is -2.22. The number of carbonyl (C=O) groups is 1. The number of amides is 1. The summed E-state index contributed by atoms with van der Waals surface area (Å²) in [5.41, 5.74) is 1.92. The van der Waals surface area contributed by atoms with E-state index in [-0.39, 0.29) is 5.91 Å². The zero-order valence-electron chi connectivity index (χ0n) is 13.7. The fraction of sp³-hybridized carbons (Fsp3) is 0.529. The molecule has 124 valence electrons. The fourth-order valence-corrected chi connectivity index (χ4v) is 2.46. The molecule has 0 fully saturated rings. The molecule has 0 aliphatic heterocycles. The minimum atomic E-state index is 0.116. The number of nitrogens with zero attached hydrogens (tertiary/aromatic N) is 3. The molecule has 1 aromatic carbocycles. The summed E-state index contributed by atoms with van der Waals surface area (Å²) in [6.07, 6.45) is 7.77. The van der Waals surface area contributed by atoms with E-state index in [0.29, 0.717) is 18.8 Å². The van der Waals surface area contributed by atoms with Crippen LogP contribution in [-0.2, 0) is 11.3 Å². The van der Waals surface area contributed by atoms with Crippen molar-refractivity contribution >= 4 is 5.91 Å². The van der Waals surface area contributed by atoms with Crippen molar-refractivity contribution in [3.05, 3.63) is 29.8 Å². The summed E-state index contributed by atoms with van der Waals surface area (Å²) in [6, 6.07) is 7.80. The number of hydrogen-bond acceptors (Lipinski definition) is 4. The van der Waals surface area contributed by atoms with E-state index in [4.69, 9.17) is 0 Å². The predicted molar refractivity (Wildman–Crippen MR) is 89.5 cm³/mol. The van der Waals surface area contributed by atoms with Gasteiger partial charge >= 0.3 is 0 Å². The second-order valence-electron chi connectivity index (χ2n) is 5.73. The number of aromatic nitrogens is 4. The molecule has 2 rings (SSSR count). The van der Waals surface area contributed by atoms with E-state index in [0.717, 1.165) is 24.0 Å². The SMILES string of the molecule is CCCCCCCCC(=O)NCc1cccc(-c2nn[nH]n2)c1. The van der Waals surface area contributed by atoms with Crippen molar-refractivity contribution < 1.29 is 4.79 Å². The number of unbranched alkanes of at least 4 members (excludes halogenated alkanes) is 5. The summed E-state index contributed by atoms with van der Waals surface area (Å²) in [4.78, 5) is 11.9. The first-order valence-electron chi connectivity index (χ1n) is 8.39. The van der Waals surface area contributed by atoms with Crippen LogP contribution in [0.15, 0.2) is 24.3 Å². The number of rotatable bonds is 10. The molecule has 0 spiro atoms. The predicted octanol–water partition coefficient (Wildman–Crippen LogP) is 3.23. The molecular formula is C17H25N5O.